The van der Waals surface area contributed by atoms with Gasteiger partial charge in [0, 0.05) is 6.04 Å². The van der Waals surface area contributed by atoms with Crippen LogP contribution in [0.4, 0.5) is 0 Å². The Kier molecular flexibility index (Phi) is 3.67. The highest BCUT2D eigenvalue weighted by molar-refractivity contribution is 5.87. The second-order valence-electron chi connectivity index (χ2n) is 3.07. The van der Waals surface area contributed by atoms with Gasteiger partial charge in [-0.2, -0.15) is 0 Å². The predicted octanol–water partition coefficient (Wildman–Crippen LogP) is 0.448. The smallest absolute Gasteiger partial charge is 0.338 e. The second-order valence-corrected chi connectivity index (χ2v) is 3.07. The van der Waals surface area contributed by atoms with Crippen molar-refractivity contribution in [3.8, 4) is 0 Å². The number of carboxylic acid groups (broad SMARTS) is 1. The van der Waals surface area contributed by atoms with E-state index in [1.54, 1.807) is 0 Å². The lowest BCUT2D eigenvalue weighted by Crippen LogP contribution is -2.28. The van der Waals surface area contributed by atoms with Crippen LogP contribution in [0, 0.1) is 0 Å². The molecule has 1 aromatic rings. The molecule has 1 atom stereocenters. The zero-order valence-electron chi connectivity index (χ0n) is 7.86. The van der Waals surface area contributed by atoms with E-state index in [2.05, 4.69) is 5.32 Å². The summed E-state index contributed by atoms with van der Waals surface area (Å²) in [4.78, 5) is 10.5. The molecule has 0 aliphatic heterocycles. The Morgan fingerprint density at radius 3 is 2.93 bits per heavy atom. The van der Waals surface area contributed by atoms with Crippen LogP contribution < -0.4 is 5.32 Å². The summed E-state index contributed by atoms with van der Waals surface area (Å²) in [5.74, 6) is -0.460. The maximum absolute atomic E-state index is 10.5. The molecule has 0 fully saturated rings. The van der Waals surface area contributed by atoms with E-state index >= 15 is 0 Å². The van der Waals surface area contributed by atoms with Crippen LogP contribution in [0.3, 0.4) is 0 Å². The minimum absolute atomic E-state index is 0.0339. The fourth-order valence-corrected chi connectivity index (χ4v) is 0.925. The number of hydrogen-bond donors (Lipinski definition) is 3. The Balaban J connectivity index is 2.48. The van der Waals surface area contributed by atoms with Crippen molar-refractivity contribution in [1.29, 1.82) is 0 Å². The third-order valence-corrected chi connectivity index (χ3v) is 1.80. The Bertz CT molecular complexity index is 308. The zero-order chi connectivity index (χ0) is 10.6. The van der Waals surface area contributed by atoms with Crippen molar-refractivity contribution in [2.75, 3.05) is 6.61 Å². The first kappa shape index (κ1) is 10.7. The first-order chi connectivity index (χ1) is 6.63. The van der Waals surface area contributed by atoms with Gasteiger partial charge in [-0.05, 0) is 13.0 Å². The monoisotopic (exact) mass is 199 g/mol. The number of aliphatic hydroxyl groups excluding tert-OH is 1. The molecule has 1 heterocycles. The molecule has 0 aliphatic rings. The molecule has 0 spiro atoms. The summed E-state index contributed by atoms with van der Waals surface area (Å²) in [6.45, 7) is 2.27. The number of rotatable bonds is 5. The van der Waals surface area contributed by atoms with E-state index in [9.17, 15) is 4.79 Å². The van der Waals surface area contributed by atoms with E-state index in [0.717, 1.165) is 0 Å². The number of aromatic carboxylic acids is 1. The fourth-order valence-electron chi connectivity index (χ4n) is 0.925. The molecule has 0 amide bonds. The summed E-state index contributed by atoms with van der Waals surface area (Å²) in [6, 6.07) is 1.42. The van der Waals surface area contributed by atoms with Gasteiger partial charge < -0.3 is 19.9 Å². The van der Waals surface area contributed by atoms with Gasteiger partial charge in [0.25, 0.3) is 0 Å². The van der Waals surface area contributed by atoms with Crippen LogP contribution in [0.1, 0.15) is 23.0 Å². The third kappa shape index (κ3) is 2.86. The van der Waals surface area contributed by atoms with E-state index in [-0.39, 0.29) is 18.2 Å². The van der Waals surface area contributed by atoms with E-state index in [0.29, 0.717) is 12.3 Å². The van der Waals surface area contributed by atoms with Crippen molar-refractivity contribution >= 4 is 5.97 Å². The molecule has 78 valence electrons. The van der Waals surface area contributed by atoms with Crippen LogP contribution >= 0.6 is 0 Å². The normalized spacial score (nSPS) is 12.7. The molecule has 14 heavy (non-hydrogen) atoms. The van der Waals surface area contributed by atoms with Gasteiger partial charge in [-0.15, -0.1) is 0 Å². The van der Waals surface area contributed by atoms with E-state index in [1.165, 1.54) is 12.3 Å². The van der Waals surface area contributed by atoms with Crippen molar-refractivity contribution in [2.24, 2.45) is 0 Å². The zero-order valence-corrected chi connectivity index (χ0v) is 7.86. The van der Waals surface area contributed by atoms with Crippen LogP contribution in [0.5, 0.6) is 0 Å². The first-order valence-corrected chi connectivity index (χ1v) is 4.28. The fraction of sp³-hybridized carbons (Fsp3) is 0.444. The van der Waals surface area contributed by atoms with Crippen molar-refractivity contribution in [1.82, 2.24) is 5.32 Å². The average Bonchev–Trinajstić information content (AvgIpc) is 2.62. The van der Waals surface area contributed by atoms with Gasteiger partial charge in [-0.3, -0.25) is 0 Å². The number of carboxylic acids is 1. The van der Waals surface area contributed by atoms with Gasteiger partial charge in [-0.25, -0.2) is 4.79 Å². The lowest BCUT2D eigenvalue weighted by Gasteiger charge is -2.07. The molecule has 0 aliphatic carbocycles. The molecule has 1 unspecified atom stereocenters. The first-order valence-electron chi connectivity index (χ1n) is 4.28. The van der Waals surface area contributed by atoms with Gasteiger partial charge in [-0.1, -0.05) is 0 Å². The van der Waals surface area contributed by atoms with Gasteiger partial charge in [0.15, 0.2) is 0 Å². The van der Waals surface area contributed by atoms with Gasteiger partial charge in [0.05, 0.1) is 18.7 Å². The minimum atomic E-state index is -1.00. The van der Waals surface area contributed by atoms with E-state index in [4.69, 9.17) is 14.6 Å². The SMILES string of the molecule is CC(CO)NCc1cc(C(=O)O)co1. The van der Waals surface area contributed by atoms with E-state index in [1.807, 2.05) is 6.92 Å². The lowest BCUT2D eigenvalue weighted by atomic mass is 10.3. The summed E-state index contributed by atoms with van der Waals surface area (Å²) in [5, 5.41) is 20.3. The van der Waals surface area contributed by atoms with Crippen molar-refractivity contribution < 1.29 is 19.4 Å². The average molecular weight is 199 g/mol. The quantitative estimate of drug-likeness (QED) is 0.641. The Labute approximate surface area is 81.4 Å². The summed E-state index contributed by atoms with van der Waals surface area (Å²) >= 11 is 0. The van der Waals surface area contributed by atoms with Crippen LogP contribution in [-0.4, -0.2) is 28.8 Å². The van der Waals surface area contributed by atoms with Crippen LogP contribution in [0.25, 0.3) is 0 Å². The molecular formula is C9H13NO4. The van der Waals surface area contributed by atoms with Gasteiger partial charge in [0.2, 0.25) is 0 Å². The number of nitrogens with one attached hydrogen (secondary N) is 1. The highest BCUT2D eigenvalue weighted by atomic mass is 16.4. The number of aliphatic hydroxyl groups is 1. The molecule has 0 bridgehead atoms. The Morgan fingerprint density at radius 2 is 2.43 bits per heavy atom. The largest absolute Gasteiger partial charge is 0.478 e. The second kappa shape index (κ2) is 4.78. The summed E-state index contributed by atoms with van der Waals surface area (Å²) in [7, 11) is 0. The predicted molar refractivity (Wildman–Crippen MR) is 49.1 cm³/mol. The summed E-state index contributed by atoms with van der Waals surface area (Å²) in [6.07, 6.45) is 1.20. The molecular weight excluding hydrogens is 186 g/mol. The third-order valence-electron chi connectivity index (χ3n) is 1.80. The van der Waals surface area contributed by atoms with Gasteiger partial charge >= 0.3 is 5.97 Å². The van der Waals surface area contributed by atoms with Crippen LogP contribution in [0.15, 0.2) is 16.7 Å². The highest BCUT2D eigenvalue weighted by Gasteiger charge is 2.08. The highest BCUT2D eigenvalue weighted by Crippen LogP contribution is 2.07. The van der Waals surface area contributed by atoms with Crippen molar-refractivity contribution in [2.45, 2.75) is 19.5 Å². The number of hydrogen-bond acceptors (Lipinski definition) is 4. The molecule has 0 aromatic carbocycles. The number of carbonyl (C=O) groups is 1. The number of furan rings is 1. The Hall–Kier alpha value is -1.33. The minimum Gasteiger partial charge on any atom is -0.478 e. The topological polar surface area (TPSA) is 82.7 Å². The molecule has 1 aromatic heterocycles. The van der Waals surface area contributed by atoms with Crippen molar-refractivity contribution in [3.05, 3.63) is 23.7 Å². The summed E-state index contributed by atoms with van der Waals surface area (Å²) < 4.78 is 5.00. The van der Waals surface area contributed by atoms with Crippen LogP contribution in [0.2, 0.25) is 0 Å². The van der Waals surface area contributed by atoms with Gasteiger partial charge in [0.1, 0.15) is 12.0 Å². The molecule has 5 nitrogen and oxygen atoms in total. The van der Waals surface area contributed by atoms with Crippen LogP contribution in [-0.2, 0) is 6.54 Å². The van der Waals surface area contributed by atoms with E-state index < -0.39 is 5.97 Å². The summed E-state index contributed by atoms with van der Waals surface area (Å²) in [5.41, 5.74) is 0.137. The Morgan fingerprint density at radius 1 is 1.71 bits per heavy atom. The van der Waals surface area contributed by atoms with Crippen molar-refractivity contribution in [3.63, 3.8) is 0 Å². The molecule has 0 radical (unpaired) electrons. The standard InChI is InChI=1S/C9H13NO4/c1-6(4-11)10-3-8-2-7(5-14-8)9(12)13/h2,5-6,10-11H,3-4H2,1H3,(H,12,13). The maximum atomic E-state index is 10.5. The molecule has 0 saturated carbocycles. The molecule has 1 rings (SSSR count). The maximum Gasteiger partial charge on any atom is 0.338 e. The lowest BCUT2D eigenvalue weighted by molar-refractivity contribution is 0.0696. The molecule has 0 saturated heterocycles. The molecule has 5 heteroatoms. The molecule has 3 N–H and O–H groups in total.